The first kappa shape index (κ1) is 19.5. The first-order valence-electron chi connectivity index (χ1n) is 9.76. The molecule has 0 fully saturated rings. The van der Waals surface area contributed by atoms with Crippen molar-refractivity contribution in [2.24, 2.45) is 0 Å². The van der Waals surface area contributed by atoms with Crippen LogP contribution in [0.15, 0.2) is 66.7 Å². The molecule has 2 aromatic heterocycles. The third kappa shape index (κ3) is 4.27. The summed E-state index contributed by atoms with van der Waals surface area (Å²) in [4.78, 5) is 26.1. The molecular formula is C24H22N4O2. The van der Waals surface area contributed by atoms with E-state index in [2.05, 4.69) is 22.1 Å². The van der Waals surface area contributed by atoms with Gasteiger partial charge in [-0.25, -0.2) is 9.97 Å². The number of ketones is 1. The topological polar surface area (TPSA) is 91.0 Å². The minimum Gasteiger partial charge on any atom is -0.494 e. The number of benzene rings is 2. The molecule has 6 heteroatoms. The lowest BCUT2D eigenvalue weighted by Crippen LogP contribution is -2.09. The molecule has 0 spiro atoms. The van der Waals surface area contributed by atoms with E-state index in [0.29, 0.717) is 28.8 Å². The van der Waals surface area contributed by atoms with Crippen LogP contribution in [0, 0.1) is 0 Å². The number of hydrogen-bond donors (Lipinski definition) is 1. The monoisotopic (exact) mass is 398 g/mol. The summed E-state index contributed by atoms with van der Waals surface area (Å²) in [6.45, 7) is 0. The van der Waals surface area contributed by atoms with Gasteiger partial charge in [0.05, 0.1) is 7.11 Å². The van der Waals surface area contributed by atoms with Crippen molar-refractivity contribution < 1.29 is 9.53 Å². The minimum atomic E-state index is -0.0994. The molecular weight excluding hydrogens is 376 g/mol. The Kier molecular flexibility index (Phi) is 5.66. The fourth-order valence-electron chi connectivity index (χ4n) is 3.45. The molecule has 150 valence electrons. The van der Waals surface area contributed by atoms with E-state index in [1.165, 1.54) is 5.56 Å². The van der Waals surface area contributed by atoms with Crippen LogP contribution in [-0.4, -0.2) is 27.8 Å². The van der Waals surface area contributed by atoms with E-state index in [9.17, 15) is 4.79 Å². The number of carbonyl (C=O) groups is 1. The number of pyridine rings is 1. The number of nitrogens with zero attached hydrogens (tertiary/aromatic N) is 3. The van der Waals surface area contributed by atoms with E-state index in [0.717, 1.165) is 17.8 Å². The average molecular weight is 398 g/mol. The summed E-state index contributed by atoms with van der Waals surface area (Å²) in [6, 6.07) is 21.5. The van der Waals surface area contributed by atoms with Gasteiger partial charge in [0.2, 0.25) is 5.95 Å². The smallest absolute Gasteiger partial charge is 0.221 e. The number of aromatic nitrogens is 3. The Labute approximate surface area is 174 Å². The molecule has 0 aliphatic rings. The Balaban J connectivity index is 1.52. The Bertz CT molecular complexity index is 1190. The number of rotatable bonds is 7. The summed E-state index contributed by atoms with van der Waals surface area (Å²) < 4.78 is 5.34. The van der Waals surface area contributed by atoms with Crippen molar-refractivity contribution in [3.8, 4) is 5.75 Å². The molecule has 0 amide bonds. The van der Waals surface area contributed by atoms with Gasteiger partial charge >= 0.3 is 0 Å². The lowest BCUT2D eigenvalue weighted by Gasteiger charge is -2.09. The van der Waals surface area contributed by atoms with Crippen LogP contribution in [0.1, 0.15) is 33.9 Å². The largest absolute Gasteiger partial charge is 0.494 e. The van der Waals surface area contributed by atoms with Gasteiger partial charge in [-0.3, -0.25) is 9.78 Å². The molecule has 2 heterocycles. The van der Waals surface area contributed by atoms with Crippen LogP contribution < -0.4 is 10.5 Å². The van der Waals surface area contributed by atoms with Crippen LogP contribution in [0.3, 0.4) is 0 Å². The molecule has 4 aromatic rings. The van der Waals surface area contributed by atoms with Crippen LogP contribution in [0.5, 0.6) is 5.75 Å². The maximum Gasteiger partial charge on any atom is 0.221 e. The Morgan fingerprint density at radius 2 is 1.67 bits per heavy atom. The number of nitrogens with two attached hydrogens (primary N) is 1. The number of para-hydroxylation sites is 1. The van der Waals surface area contributed by atoms with Gasteiger partial charge in [-0.15, -0.1) is 0 Å². The minimum absolute atomic E-state index is 0.0540. The zero-order valence-electron chi connectivity index (χ0n) is 16.7. The van der Waals surface area contributed by atoms with Crippen LogP contribution in [0.25, 0.3) is 10.9 Å². The standard InChI is InChI=1S/C24H22N4O2/c1-30-21-12-6-11-19-22(27-24(25)28-23(19)21)20(29)14-13-17-9-5-10-18(26-17)15-16-7-3-2-4-8-16/h2-12H,13-15H2,1H3,(H2,25,27,28). The van der Waals surface area contributed by atoms with Gasteiger partial charge in [0.1, 0.15) is 17.0 Å². The number of fused-ring (bicyclic) bond motifs is 1. The summed E-state index contributed by atoms with van der Waals surface area (Å²) in [5.74, 6) is 0.516. The van der Waals surface area contributed by atoms with Gasteiger partial charge in [0.15, 0.2) is 5.78 Å². The number of nitrogen functional groups attached to an aromatic ring is 1. The molecule has 0 atom stereocenters. The molecule has 0 aliphatic carbocycles. The van der Waals surface area contributed by atoms with Crippen molar-refractivity contribution in [3.63, 3.8) is 0 Å². The van der Waals surface area contributed by atoms with Crippen molar-refractivity contribution in [2.45, 2.75) is 19.3 Å². The number of Topliss-reactive ketones (excluding diaryl/α,β-unsaturated/α-hetero) is 1. The highest BCUT2D eigenvalue weighted by Crippen LogP contribution is 2.27. The summed E-state index contributed by atoms with van der Waals surface area (Å²) in [7, 11) is 1.56. The molecule has 30 heavy (non-hydrogen) atoms. The first-order chi connectivity index (χ1) is 14.6. The van der Waals surface area contributed by atoms with Gasteiger partial charge < -0.3 is 10.5 Å². The molecule has 0 saturated carbocycles. The molecule has 4 rings (SSSR count). The van der Waals surface area contributed by atoms with Gasteiger partial charge in [0.25, 0.3) is 0 Å². The molecule has 0 saturated heterocycles. The summed E-state index contributed by atoms with van der Waals surface area (Å²) in [5.41, 5.74) is 9.76. The van der Waals surface area contributed by atoms with Gasteiger partial charge in [0, 0.05) is 29.6 Å². The molecule has 0 radical (unpaired) electrons. The maximum atomic E-state index is 12.9. The lowest BCUT2D eigenvalue weighted by atomic mass is 10.0. The highest BCUT2D eigenvalue weighted by molar-refractivity contribution is 6.07. The molecule has 2 aromatic carbocycles. The molecule has 6 nitrogen and oxygen atoms in total. The fraction of sp³-hybridized carbons (Fsp3) is 0.167. The van der Waals surface area contributed by atoms with Gasteiger partial charge in [-0.05, 0) is 30.2 Å². The fourth-order valence-corrected chi connectivity index (χ4v) is 3.45. The zero-order valence-corrected chi connectivity index (χ0v) is 16.7. The van der Waals surface area contributed by atoms with E-state index >= 15 is 0 Å². The Hall–Kier alpha value is -3.80. The summed E-state index contributed by atoms with van der Waals surface area (Å²) >= 11 is 0. The van der Waals surface area contributed by atoms with Crippen LogP contribution >= 0.6 is 0 Å². The van der Waals surface area contributed by atoms with Gasteiger partial charge in [-0.2, -0.15) is 0 Å². The zero-order chi connectivity index (χ0) is 20.9. The highest BCUT2D eigenvalue weighted by atomic mass is 16.5. The second-order valence-corrected chi connectivity index (χ2v) is 6.99. The second kappa shape index (κ2) is 8.69. The third-order valence-electron chi connectivity index (χ3n) is 4.89. The van der Waals surface area contributed by atoms with E-state index in [-0.39, 0.29) is 18.2 Å². The van der Waals surface area contributed by atoms with Crippen molar-refractivity contribution in [2.75, 3.05) is 12.8 Å². The van der Waals surface area contributed by atoms with Crippen molar-refractivity contribution in [3.05, 3.63) is 89.4 Å². The van der Waals surface area contributed by atoms with Crippen molar-refractivity contribution in [1.29, 1.82) is 0 Å². The number of aryl methyl sites for hydroxylation is 1. The van der Waals surface area contributed by atoms with E-state index < -0.39 is 0 Å². The molecule has 0 aliphatic heterocycles. The highest BCUT2D eigenvalue weighted by Gasteiger charge is 2.16. The Morgan fingerprint density at radius 1 is 0.900 bits per heavy atom. The van der Waals surface area contributed by atoms with Crippen LogP contribution in [0.2, 0.25) is 0 Å². The quantitative estimate of drug-likeness (QED) is 0.473. The first-order valence-corrected chi connectivity index (χ1v) is 9.76. The number of hydrogen-bond acceptors (Lipinski definition) is 6. The number of anilines is 1. The second-order valence-electron chi connectivity index (χ2n) is 6.99. The molecule has 0 unspecified atom stereocenters. The SMILES string of the molecule is COc1cccc2c(C(=O)CCc3cccc(Cc4ccccc4)n3)nc(N)nc12. The van der Waals surface area contributed by atoms with E-state index in [1.54, 1.807) is 13.2 Å². The Morgan fingerprint density at radius 3 is 2.47 bits per heavy atom. The van der Waals surface area contributed by atoms with Crippen LogP contribution in [0.4, 0.5) is 5.95 Å². The molecule has 0 bridgehead atoms. The third-order valence-corrected chi connectivity index (χ3v) is 4.89. The van der Waals surface area contributed by atoms with Crippen molar-refractivity contribution in [1.82, 2.24) is 15.0 Å². The summed E-state index contributed by atoms with van der Waals surface area (Å²) in [5, 5.41) is 0.638. The van der Waals surface area contributed by atoms with E-state index in [1.807, 2.05) is 48.5 Å². The van der Waals surface area contributed by atoms with Crippen molar-refractivity contribution >= 4 is 22.6 Å². The molecule has 2 N–H and O–H groups in total. The van der Waals surface area contributed by atoms with Crippen LogP contribution in [-0.2, 0) is 12.8 Å². The number of carbonyl (C=O) groups excluding carboxylic acids is 1. The number of methoxy groups -OCH3 is 1. The lowest BCUT2D eigenvalue weighted by molar-refractivity contribution is 0.0979. The predicted molar refractivity (Wildman–Crippen MR) is 117 cm³/mol. The summed E-state index contributed by atoms with van der Waals surface area (Å²) in [6.07, 6.45) is 1.57. The average Bonchev–Trinajstić information content (AvgIpc) is 2.77. The number of ether oxygens (including phenoxy) is 1. The maximum absolute atomic E-state index is 12.9. The van der Waals surface area contributed by atoms with E-state index in [4.69, 9.17) is 15.5 Å². The normalized spacial score (nSPS) is 10.8. The predicted octanol–water partition coefficient (Wildman–Crippen LogP) is 4.02. The van der Waals surface area contributed by atoms with Gasteiger partial charge in [-0.1, -0.05) is 48.5 Å².